The molecule has 0 N–H and O–H groups in total. The minimum absolute atomic E-state index is 0.0434. The Hall–Kier alpha value is -1.02. The van der Waals surface area contributed by atoms with Crippen LogP contribution in [0.4, 0.5) is 0 Å². The molecule has 158 valence electrons. The van der Waals surface area contributed by atoms with Gasteiger partial charge in [-0.05, 0) is 36.2 Å². The third-order valence-electron chi connectivity index (χ3n) is 5.07. The number of carbonyl (C=O) groups is 1. The van der Waals surface area contributed by atoms with Gasteiger partial charge >= 0.3 is 0 Å². The SMILES string of the molecule is O=C(c1sc2cccc(Cl)c2c1Cl)N(Cc1ccc(Cl)cc1Cl)C1CCS(=O)(=O)C1. The number of fused-ring (bicyclic) bond motifs is 1. The highest BCUT2D eigenvalue weighted by Crippen LogP contribution is 2.40. The molecule has 1 aromatic heterocycles. The molecule has 1 aliphatic rings. The average Bonchev–Trinajstić information content (AvgIpc) is 3.21. The Morgan fingerprint density at radius 2 is 1.87 bits per heavy atom. The Kier molecular flexibility index (Phi) is 6.28. The molecule has 1 atom stereocenters. The minimum atomic E-state index is -3.21. The van der Waals surface area contributed by atoms with Crippen molar-refractivity contribution in [3.05, 3.63) is 66.9 Å². The van der Waals surface area contributed by atoms with Crippen LogP contribution in [0.15, 0.2) is 36.4 Å². The van der Waals surface area contributed by atoms with E-state index in [0.717, 1.165) is 4.70 Å². The van der Waals surface area contributed by atoms with Gasteiger partial charge in [0.15, 0.2) is 9.84 Å². The van der Waals surface area contributed by atoms with E-state index in [9.17, 15) is 13.2 Å². The molecule has 10 heteroatoms. The van der Waals surface area contributed by atoms with E-state index in [1.54, 1.807) is 35.2 Å². The van der Waals surface area contributed by atoms with E-state index < -0.39 is 15.9 Å². The van der Waals surface area contributed by atoms with Crippen molar-refractivity contribution in [2.24, 2.45) is 0 Å². The first kappa shape index (κ1) is 22.2. The summed E-state index contributed by atoms with van der Waals surface area (Å²) in [5.74, 6) is -0.389. The first-order valence-corrected chi connectivity index (χ1v) is 13.1. The van der Waals surface area contributed by atoms with Crippen LogP contribution in [-0.4, -0.2) is 36.8 Å². The van der Waals surface area contributed by atoms with Gasteiger partial charge in [0.05, 0.1) is 21.6 Å². The molecule has 4 rings (SSSR count). The second kappa shape index (κ2) is 8.49. The van der Waals surface area contributed by atoms with Crippen molar-refractivity contribution >= 4 is 83.6 Å². The van der Waals surface area contributed by atoms with Crippen molar-refractivity contribution in [3.8, 4) is 0 Å². The van der Waals surface area contributed by atoms with Crippen molar-refractivity contribution in [2.75, 3.05) is 11.5 Å². The first-order chi connectivity index (χ1) is 14.2. The lowest BCUT2D eigenvalue weighted by Gasteiger charge is -2.28. The lowest BCUT2D eigenvalue weighted by molar-refractivity contribution is 0.0686. The molecule has 2 heterocycles. The summed E-state index contributed by atoms with van der Waals surface area (Å²) in [7, 11) is -3.21. The maximum absolute atomic E-state index is 13.6. The molecule has 2 aromatic carbocycles. The Morgan fingerprint density at radius 3 is 2.50 bits per heavy atom. The van der Waals surface area contributed by atoms with E-state index in [-0.39, 0.29) is 29.0 Å². The summed E-state index contributed by atoms with van der Waals surface area (Å²) in [4.78, 5) is 15.4. The van der Waals surface area contributed by atoms with Crippen LogP contribution in [-0.2, 0) is 16.4 Å². The number of hydrogen-bond acceptors (Lipinski definition) is 4. The molecule has 0 spiro atoms. The zero-order valence-electron chi connectivity index (χ0n) is 15.4. The van der Waals surface area contributed by atoms with Crippen LogP contribution in [0.25, 0.3) is 10.1 Å². The van der Waals surface area contributed by atoms with Crippen LogP contribution >= 0.6 is 57.7 Å². The van der Waals surface area contributed by atoms with Gasteiger partial charge in [0.2, 0.25) is 0 Å². The van der Waals surface area contributed by atoms with E-state index in [2.05, 4.69) is 0 Å². The van der Waals surface area contributed by atoms with Gasteiger partial charge in [-0.25, -0.2) is 8.42 Å². The van der Waals surface area contributed by atoms with Gasteiger partial charge in [-0.1, -0.05) is 58.5 Å². The number of thiophene rings is 1. The predicted octanol–water partition coefficient (Wildman–Crippen LogP) is 6.34. The van der Waals surface area contributed by atoms with Crippen molar-refractivity contribution in [2.45, 2.75) is 19.0 Å². The Morgan fingerprint density at radius 1 is 1.10 bits per heavy atom. The third-order valence-corrected chi connectivity index (χ3v) is 9.35. The molecule has 1 unspecified atom stereocenters. The van der Waals surface area contributed by atoms with E-state index in [1.165, 1.54) is 11.3 Å². The Bertz CT molecular complexity index is 1260. The van der Waals surface area contributed by atoms with Gasteiger partial charge < -0.3 is 4.90 Å². The van der Waals surface area contributed by atoms with Gasteiger partial charge in [0.25, 0.3) is 5.91 Å². The van der Waals surface area contributed by atoms with Gasteiger partial charge in [0, 0.05) is 32.7 Å². The predicted molar refractivity (Wildman–Crippen MR) is 125 cm³/mol. The van der Waals surface area contributed by atoms with Gasteiger partial charge in [-0.2, -0.15) is 0 Å². The van der Waals surface area contributed by atoms with Gasteiger partial charge in [-0.15, -0.1) is 11.3 Å². The molecule has 1 saturated heterocycles. The highest BCUT2D eigenvalue weighted by Gasteiger charge is 2.36. The molecule has 0 saturated carbocycles. The number of halogens is 4. The largest absolute Gasteiger partial charge is 0.329 e. The molecule has 1 aliphatic heterocycles. The zero-order valence-corrected chi connectivity index (χ0v) is 20.0. The van der Waals surface area contributed by atoms with Crippen molar-refractivity contribution in [1.29, 1.82) is 0 Å². The first-order valence-electron chi connectivity index (χ1n) is 8.98. The highest BCUT2D eigenvalue weighted by molar-refractivity contribution is 7.91. The summed E-state index contributed by atoms with van der Waals surface area (Å²) < 4.78 is 25.0. The number of sulfone groups is 1. The fourth-order valence-corrected chi connectivity index (χ4v) is 7.67. The van der Waals surface area contributed by atoms with E-state index in [0.29, 0.717) is 37.3 Å². The van der Waals surface area contributed by atoms with Gasteiger partial charge in [-0.3, -0.25) is 4.79 Å². The van der Waals surface area contributed by atoms with Crippen LogP contribution < -0.4 is 0 Å². The number of hydrogen-bond donors (Lipinski definition) is 0. The Balaban J connectivity index is 1.76. The van der Waals surface area contributed by atoms with Crippen molar-refractivity contribution in [1.82, 2.24) is 4.90 Å². The van der Waals surface area contributed by atoms with Crippen LogP contribution in [0.2, 0.25) is 20.1 Å². The summed E-state index contributed by atoms with van der Waals surface area (Å²) in [6, 6.07) is 9.89. The van der Waals surface area contributed by atoms with Crippen molar-refractivity contribution < 1.29 is 13.2 Å². The molecular formula is C20H15Cl4NO3S2. The van der Waals surface area contributed by atoms with Crippen molar-refractivity contribution in [3.63, 3.8) is 0 Å². The van der Waals surface area contributed by atoms with Gasteiger partial charge in [0.1, 0.15) is 4.88 Å². The summed E-state index contributed by atoms with van der Waals surface area (Å²) in [5, 5.41) is 2.25. The fraction of sp³-hybridized carbons (Fsp3) is 0.250. The summed E-state index contributed by atoms with van der Waals surface area (Å²) in [5.41, 5.74) is 0.675. The molecular weight excluding hydrogens is 508 g/mol. The normalized spacial score (nSPS) is 18.1. The van der Waals surface area contributed by atoms with Crippen LogP contribution in [0.5, 0.6) is 0 Å². The summed E-state index contributed by atoms with van der Waals surface area (Å²) in [6.07, 6.45) is 0.364. The second-order valence-electron chi connectivity index (χ2n) is 7.08. The summed E-state index contributed by atoms with van der Waals surface area (Å²) >= 11 is 26.4. The molecule has 0 bridgehead atoms. The van der Waals surface area contributed by atoms with E-state index in [1.807, 2.05) is 6.07 Å². The highest BCUT2D eigenvalue weighted by atomic mass is 35.5. The number of nitrogens with zero attached hydrogens (tertiary/aromatic N) is 1. The molecule has 0 radical (unpaired) electrons. The lowest BCUT2D eigenvalue weighted by atomic mass is 10.1. The quantitative estimate of drug-likeness (QED) is 0.401. The van der Waals surface area contributed by atoms with E-state index in [4.69, 9.17) is 46.4 Å². The number of rotatable bonds is 4. The van der Waals surface area contributed by atoms with Crippen LogP contribution in [0.1, 0.15) is 21.7 Å². The van der Waals surface area contributed by atoms with E-state index >= 15 is 0 Å². The molecule has 1 amide bonds. The molecule has 1 fully saturated rings. The smallest absolute Gasteiger partial charge is 0.266 e. The second-order valence-corrected chi connectivity index (χ2v) is 12.0. The lowest BCUT2D eigenvalue weighted by Crippen LogP contribution is -2.40. The van der Waals surface area contributed by atoms with Crippen LogP contribution in [0, 0.1) is 0 Å². The molecule has 30 heavy (non-hydrogen) atoms. The number of benzene rings is 2. The monoisotopic (exact) mass is 521 g/mol. The average molecular weight is 523 g/mol. The topological polar surface area (TPSA) is 54.5 Å². The van der Waals surface area contributed by atoms with Crippen LogP contribution in [0.3, 0.4) is 0 Å². The maximum Gasteiger partial charge on any atom is 0.266 e. The summed E-state index contributed by atoms with van der Waals surface area (Å²) in [6.45, 7) is 0.146. The molecule has 4 nitrogen and oxygen atoms in total. The minimum Gasteiger partial charge on any atom is -0.329 e. The zero-order chi connectivity index (χ0) is 21.6. The molecule has 3 aromatic rings. The standard InChI is InChI=1S/C20H15Cl4NO3S2/c21-12-5-4-11(15(23)8-12)9-25(13-6-7-30(27,28)10-13)20(26)19-18(24)17-14(22)2-1-3-16(17)29-19/h1-5,8,13H,6-7,9-10H2. The number of carbonyl (C=O) groups excluding carboxylic acids is 1. The number of amides is 1. The third kappa shape index (κ3) is 4.31. The maximum atomic E-state index is 13.6. The Labute approximate surface area is 198 Å². The fourth-order valence-electron chi connectivity index (χ4n) is 3.56. The molecule has 0 aliphatic carbocycles.